The number of rotatable bonds is 9. The third-order valence-corrected chi connectivity index (χ3v) is 8.62. The van der Waals surface area contributed by atoms with Gasteiger partial charge in [-0.15, -0.1) is 0 Å². The van der Waals surface area contributed by atoms with Gasteiger partial charge in [0.05, 0.1) is 23.8 Å². The Kier molecular flexibility index (Phi) is 7.34. The number of carbonyl (C=O) groups excluding carboxylic acids is 2. The number of fused-ring (bicyclic) bond motifs is 4. The van der Waals surface area contributed by atoms with Crippen LogP contribution in [0.2, 0.25) is 0 Å². The number of hydrogen-bond donors (Lipinski definition) is 5. The number of aliphatic hydroxyl groups excluding tert-OH is 1. The molecule has 11 nitrogen and oxygen atoms in total. The molecule has 0 spiro atoms. The molecule has 2 atom stereocenters. The summed E-state index contributed by atoms with van der Waals surface area (Å²) in [5.41, 5.74) is 1.19. The number of ether oxygens (including phenoxy) is 1. The number of aliphatic hydroxyl groups is 2. The summed E-state index contributed by atoms with van der Waals surface area (Å²) in [6.45, 7) is 6.05. The van der Waals surface area contributed by atoms with Crippen molar-refractivity contribution in [2.75, 3.05) is 43.4 Å². The van der Waals surface area contributed by atoms with Gasteiger partial charge in [-0.3, -0.25) is 4.79 Å². The minimum atomic E-state index is -0.980. The zero-order chi connectivity index (χ0) is 29.5. The molecule has 0 unspecified atom stereocenters. The van der Waals surface area contributed by atoms with Crippen LogP contribution in [0.4, 0.5) is 17.5 Å². The van der Waals surface area contributed by atoms with Gasteiger partial charge in [0.1, 0.15) is 17.0 Å². The van der Waals surface area contributed by atoms with Gasteiger partial charge in [-0.2, -0.15) is 4.98 Å². The number of hydrogen-bond acceptors (Lipinski definition) is 10. The molecule has 5 N–H and O–H groups in total. The summed E-state index contributed by atoms with van der Waals surface area (Å²) < 4.78 is 5.48. The molecule has 7 rings (SSSR count). The maximum absolute atomic E-state index is 13.5. The van der Waals surface area contributed by atoms with Crippen molar-refractivity contribution in [2.24, 2.45) is 5.92 Å². The van der Waals surface area contributed by atoms with Crippen LogP contribution in [0.5, 0.6) is 0 Å². The number of piperidine rings is 3. The fraction of sp³-hybridized carbons (Fsp3) is 0.419. The maximum Gasteiger partial charge on any atom is 0.339 e. The number of aromatic nitrogens is 2. The number of anilines is 3. The Balaban J connectivity index is 1.27. The first kappa shape index (κ1) is 28.1. The maximum atomic E-state index is 13.5. The fourth-order valence-electron chi connectivity index (χ4n) is 6.25. The van der Waals surface area contributed by atoms with Crippen LogP contribution in [-0.2, 0) is 10.3 Å². The second kappa shape index (κ2) is 11.0. The lowest BCUT2D eigenvalue weighted by Gasteiger charge is -2.50. The van der Waals surface area contributed by atoms with Gasteiger partial charge >= 0.3 is 5.97 Å². The minimum absolute atomic E-state index is 0.125. The Morgan fingerprint density at radius 1 is 1.17 bits per heavy atom. The standard InChI is InChI=1S/C31H36N6O5/c1-30(2)24-14-21(8-9-22(24)28(40)42-30)34-29-32-15-23(26(36-29)35-25(16-38)19-6-4-3-5-7-19)27(39)33-17-31(41)18-37-12-10-20(31)11-13-37/h3-9,14-15,20,25,38,41H,10-13,16-18H2,1-2H3,(H,33,39)(H2,32,34,35,36)/t25-,31-/m1/s1. The molecule has 3 saturated heterocycles. The number of benzene rings is 2. The molecule has 4 aliphatic rings. The molecule has 2 bridgehead atoms. The molecule has 220 valence electrons. The zero-order valence-corrected chi connectivity index (χ0v) is 23.8. The Morgan fingerprint density at radius 3 is 2.62 bits per heavy atom. The lowest BCUT2D eigenvalue weighted by molar-refractivity contribution is -0.108. The minimum Gasteiger partial charge on any atom is -0.451 e. The van der Waals surface area contributed by atoms with Crippen molar-refractivity contribution < 1.29 is 24.5 Å². The summed E-state index contributed by atoms with van der Waals surface area (Å²) in [7, 11) is 0. The second-order valence-electron chi connectivity index (χ2n) is 11.9. The lowest BCUT2D eigenvalue weighted by atomic mass is 9.75. The highest BCUT2D eigenvalue weighted by molar-refractivity contribution is 5.99. The van der Waals surface area contributed by atoms with Gasteiger partial charge in [0.25, 0.3) is 5.91 Å². The number of nitrogens with zero attached hydrogens (tertiary/aromatic N) is 3. The average molecular weight is 573 g/mol. The van der Waals surface area contributed by atoms with E-state index in [-0.39, 0.29) is 42.4 Å². The molecule has 1 amide bonds. The largest absolute Gasteiger partial charge is 0.451 e. The summed E-state index contributed by atoms with van der Waals surface area (Å²) in [6, 6.07) is 14.1. The van der Waals surface area contributed by atoms with Crippen molar-refractivity contribution in [2.45, 2.75) is 43.9 Å². The average Bonchev–Trinajstić information content (AvgIpc) is 3.22. The van der Waals surface area contributed by atoms with E-state index in [1.807, 2.05) is 50.2 Å². The van der Waals surface area contributed by atoms with Gasteiger partial charge in [0, 0.05) is 30.5 Å². The van der Waals surface area contributed by atoms with Crippen LogP contribution in [-0.4, -0.2) is 75.3 Å². The van der Waals surface area contributed by atoms with E-state index in [0.717, 1.165) is 37.1 Å². The van der Waals surface area contributed by atoms with Gasteiger partial charge in [-0.25, -0.2) is 9.78 Å². The molecule has 0 radical (unpaired) electrons. The number of amides is 1. The van der Waals surface area contributed by atoms with Gasteiger partial charge in [0.2, 0.25) is 5.95 Å². The zero-order valence-electron chi connectivity index (χ0n) is 23.8. The Hall–Kier alpha value is -4.06. The highest BCUT2D eigenvalue weighted by Crippen LogP contribution is 2.38. The molecule has 5 heterocycles. The first-order valence-electron chi connectivity index (χ1n) is 14.3. The molecule has 2 aromatic carbocycles. The Bertz CT molecular complexity index is 1490. The SMILES string of the molecule is CC1(C)OC(=O)c2ccc(Nc3ncc(C(=O)NC[C@@]4(O)CN5CCC4CC5)c(N[C@H](CO)c4ccccc4)n3)cc21. The first-order valence-corrected chi connectivity index (χ1v) is 14.3. The monoisotopic (exact) mass is 572 g/mol. The van der Waals surface area contributed by atoms with Crippen LogP contribution < -0.4 is 16.0 Å². The highest BCUT2D eigenvalue weighted by atomic mass is 16.6. The third kappa shape index (κ3) is 5.42. The van der Waals surface area contributed by atoms with Crippen LogP contribution in [0, 0.1) is 5.92 Å². The Morgan fingerprint density at radius 2 is 1.93 bits per heavy atom. The number of cyclic esters (lactones) is 1. The van der Waals surface area contributed by atoms with Crippen LogP contribution >= 0.6 is 0 Å². The van der Waals surface area contributed by atoms with Crippen molar-refractivity contribution >= 4 is 29.3 Å². The summed E-state index contributed by atoms with van der Waals surface area (Å²) in [4.78, 5) is 36.9. The molecule has 0 saturated carbocycles. The number of nitrogens with one attached hydrogen (secondary N) is 3. The van der Waals surface area contributed by atoms with Crippen molar-refractivity contribution in [1.29, 1.82) is 0 Å². The predicted octanol–water partition coefficient (Wildman–Crippen LogP) is 2.96. The van der Waals surface area contributed by atoms with E-state index < -0.39 is 23.2 Å². The molecule has 42 heavy (non-hydrogen) atoms. The van der Waals surface area contributed by atoms with Crippen molar-refractivity contribution in [3.63, 3.8) is 0 Å². The van der Waals surface area contributed by atoms with Gasteiger partial charge in [0.15, 0.2) is 0 Å². The number of carbonyl (C=O) groups is 2. The van der Waals surface area contributed by atoms with Crippen LogP contribution in [0.25, 0.3) is 0 Å². The molecule has 3 fully saturated rings. The molecule has 11 heteroatoms. The first-order chi connectivity index (χ1) is 20.1. The normalized spacial score (nSPS) is 24.4. The molecule has 0 aliphatic carbocycles. The second-order valence-corrected chi connectivity index (χ2v) is 11.9. The fourth-order valence-corrected chi connectivity index (χ4v) is 6.25. The van der Waals surface area contributed by atoms with E-state index in [1.165, 1.54) is 6.20 Å². The molecule has 3 aromatic rings. The molecular formula is C31H36N6O5. The summed E-state index contributed by atoms with van der Waals surface area (Å²) in [5.74, 6) is -0.184. The highest BCUT2D eigenvalue weighted by Gasteiger charge is 2.45. The molecule has 4 aliphatic heterocycles. The van der Waals surface area contributed by atoms with Crippen LogP contribution in [0.1, 0.15) is 64.6 Å². The quantitative estimate of drug-likeness (QED) is 0.242. The lowest BCUT2D eigenvalue weighted by Crippen LogP contribution is -2.63. The van der Waals surface area contributed by atoms with Crippen molar-refractivity contribution in [1.82, 2.24) is 20.2 Å². The van der Waals surface area contributed by atoms with E-state index in [9.17, 15) is 19.8 Å². The number of esters is 1. The third-order valence-electron chi connectivity index (χ3n) is 8.62. The van der Waals surface area contributed by atoms with Crippen LogP contribution in [0.3, 0.4) is 0 Å². The van der Waals surface area contributed by atoms with E-state index in [4.69, 9.17) is 4.74 Å². The topological polar surface area (TPSA) is 149 Å². The van der Waals surface area contributed by atoms with E-state index in [0.29, 0.717) is 17.8 Å². The smallest absolute Gasteiger partial charge is 0.339 e. The van der Waals surface area contributed by atoms with Gasteiger partial charge in [-0.05, 0) is 69.5 Å². The van der Waals surface area contributed by atoms with E-state index in [2.05, 4.69) is 30.8 Å². The predicted molar refractivity (Wildman–Crippen MR) is 157 cm³/mol. The summed E-state index contributed by atoms with van der Waals surface area (Å²) in [6.07, 6.45) is 3.26. The molecular weight excluding hydrogens is 536 g/mol. The van der Waals surface area contributed by atoms with Gasteiger partial charge < -0.3 is 35.8 Å². The van der Waals surface area contributed by atoms with E-state index in [1.54, 1.807) is 12.1 Å². The Labute approximate surface area is 244 Å². The molecule has 1 aromatic heterocycles. The van der Waals surface area contributed by atoms with Gasteiger partial charge in [-0.1, -0.05) is 30.3 Å². The summed E-state index contributed by atoms with van der Waals surface area (Å²) in [5, 5.41) is 30.8. The van der Waals surface area contributed by atoms with Crippen LogP contribution in [0.15, 0.2) is 54.7 Å². The van der Waals surface area contributed by atoms with Crippen molar-refractivity contribution in [3.05, 3.63) is 77.0 Å². The van der Waals surface area contributed by atoms with E-state index >= 15 is 0 Å². The van der Waals surface area contributed by atoms with Crippen molar-refractivity contribution in [3.8, 4) is 0 Å². The summed E-state index contributed by atoms with van der Waals surface area (Å²) >= 11 is 0.